The molecule has 5 aromatic rings. The van der Waals surface area contributed by atoms with E-state index in [-0.39, 0.29) is 11.6 Å². The molecule has 8 heteroatoms. The lowest BCUT2D eigenvalue weighted by Gasteiger charge is -2.08. The summed E-state index contributed by atoms with van der Waals surface area (Å²) in [5, 5.41) is 5.19. The summed E-state index contributed by atoms with van der Waals surface area (Å²) in [4.78, 5) is 14.6. The Morgan fingerprint density at radius 3 is 2.42 bits per heavy atom. The van der Waals surface area contributed by atoms with Gasteiger partial charge in [-0.15, -0.1) is 11.3 Å². The van der Waals surface area contributed by atoms with E-state index in [0.29, 0.717) is 18.2 Å². The van der Waals surface area contributed by atoms with Crippen LogP contribution in [0.25, 0.3) is 27.6 Å². The van der Waals surface area contributed by atoms with Gasteiger partial charge in [0, 0.05) is 29.9 Å². The normalized spacial score (nSPS) is 11.2. The van der Waals surface area contributed by atoms with Gasteiger partial charge in [-0.2, -0.15) is 0 Å². The van der Waals surface area contributed by atoms with Gasteiger partial charge in [0.2, 0.25) is 5.95 Å². The highest BCUT2D eigenvalue weighted by atomic mass is 32.1. The Balaban J connectivity index is 1.44. The lowest BCUT2D eigenvalue weighted by Crippen LogP contribution is -2.08. The number of nitrogens with one attached hydrogen (secondary N) is 1. The molecule has 0 aliphatic rings. The lowest BCUT2D eigenvalue weighted by atomic mass is 10.1. The molecule has 154 valence electrons. The third-order valence-electron chi connectivity index (χ3n) is 4.89. The van der Waals surface area contributed by atoms with Crippen LogP contribution in [0.1, 0.15) is 5.56 Å². The van der Waals surface area contributed by atoms with Gasteiger partial charge in [-0.3, -0.25) is 4.40 Å². The fourth-order valence-corrected chi connectivity index (χ4v) is 4.10. The fraction of sp³-hybridized carbons (Fsp3) is 0.0870. The van der Waals surface area contributed by atoms with Gasteiger partial charge in [0.25, 0.3) is 0 Å². The van der Waals surface area contributed by atoms with E-state index < -0.39 is 0 Å². The molecule has 3 heterocycles. The monoisotopic (exact) mass is 433 g/mol. The number of nitrogens with zero attached hydrogens (tertiary/aromatic N) is 4. The summed E-state index contributed by atoms with van der Waals surface area (Å²) in [6.07, 6.45) is 4.36. The van der Waals surface area contributed by atoms with Gasteiger partial charge >= 0.3 is 0 Å². The van der Waals surface area contributed by atoms with E-state index >= 15 is 0 Å². The predicted octanol–water partition coefficient (Wildman–Crippen LogP) is 5.45. The first-order valence-electron chi connectivity index (χ1n) is 9.70. The minimum atomic E-state index is -0.291. The van der Waals surface area contributed by atoms with E-state index in [1.54, 1.807) is 30.5 Å². The number of benzene rings is 2. The van der Waals surface area contributed by atoms with E-state index in [9.17, 15) is 8.78 Å². The molecule has 1 N–H and O–H groups in total. The first-order valence-corrected chi connectivity index (χ1v) is 10.6. The molecule has 0 saturated heterocycles. The highest BCUT2D eigenvalue weighted by molar-refractivity contribution is 7.15. The second-order valence-corrected chi connectivity index (χ2v) is 7.81. The van der Waals surface area contributed by atoms with Crippen molar-refractivity contribution in [1.82, 2.24) is 19.4 Å². The van der Waals surface area contributed by atoms with Crippen molar-refractivity contribution in [3.05, 3.63) is 89.6 Å². The second-order valence-electron chi connectivity index (χ2n) is 6.94. The second kappa shape index (κ2) is 8.23. The molecule has 0 fully saturated rings. The zero-order valence-electron chi connectivity index (χ0n) is 16.3. The average Bonchev–Trinajstić information content (AvgIpc) is 3.37. The van der Waals surface area contributed by atoms with Crippen LogP contribution in [0.4, 0.5) is 14.7 Å². The van der Waals surface area contributed by atoms with Crippen molar-refractivity contribution in [3.63, 3.8) is 0 Å². The average molecular weight is 433 g/mol. The number of imidazole rings is 1. The van der Waals surface area contributed by atoms with Crippen LogP contribution >= 0.6 is 11.3 Å². The summed E-state index contributed by atoms with van der Waals surface area (Å²) in [6, 6.07) is 14.6. The molecule has 0 unspecified atom stereocenters. The Morgan fingerprint density at radius 2 is 1.65 bits per heavy atom. The Morgan fingerprint density at radius 1 is 0.903 bits per heavy atom. The molecule has 3 aromatic heterocycles. The minimum Gasteiger partial charge on any atom is -0.354 e. The molecule has 0 amide bonds. The minimum absolute atomic E-state index is 0.245. The molecule has 0 radical (unpaired) electrons. The Bertz CT molecular complexity index is 1330. The smallest absolute Gasteiger partial charge is 0.223 e. The van der Waals surface area contributed by atoms with E-state index in [4.69, 9.17) is 4.98 Å². The predicted molar refractivity (Wildman–Crippen MR) is 118 cm³/mol. The molecule has 2 aromatic carbocycles. The maximum atomic E-state index is 13.4. The highest BCUT2D eigenvalue weighted by Crippen LogP contribution is 2.33. The number of rotatable bonds is 6. The van der Waals surface area contributed by atoms with Crippen LogP contribution in [0.5, 0.6) is 0 Å². The van der Waals surface area contributed by atoms with Gasteiger partial charge < -0.3 is 5.32 Å². The molecule has 0 aliphatic heterocycles. The molecule has 0 bridgehead atoms. The van der Waals surface area contributed by atoms with Crippen LogP contribution in [0, 0.1) is 11.6 Å². The summed E-state index contributed by atoms with van der Waals surface area (Å²) < 4.78 is 28.4. The Hall–Kier alpha value is -3.65. The van der Waals surface area contributed by atoms with E-state index in [0.717, 1.165) is 33.9 Å². The largest absolute Gasteiger partial charge is 0.354 e. The molecule has 5 nitrogen and oxygen atoms in total. The van der Waals surface area contributed by atoms with Gasteiger partial charge in [-0.25, -0.2) is 23.7 Å². The van der Waals surface area contributed by atoms with Crippen LogP contribution in [0.3, 0.4) is 0 Å². The number of fused-ring (bicyclic) bond motifs is 1. The van der Waals surface area contributed by atoms with Gasteiger partial charge in [0.15, 0.2) is 4.96 Å². The maximum Gasteiger partial charge on any atom is 0.223 e. The highest BCUT2D eigenvalue weighted by Gasteiger charge is 2.18. The van der Waals surface area contributed by atoms with Crippen molar-refractivity contribution >= 4 is 22.2 Å². The van der Waals surface area contributed by atoms with Gasteiger partial charge in [-0.1, -0.05) is 12.1 Å². The summed E-state index contributed by atoms with van der Waals surface area (Å²) in [7, 11) is 0. The maximum absolute atomic E-state index is 13.4. The Kier molecular flexibility index (Phi) is 5.13. The van der Waals surface area contributed by atoms with Crippen molar-refractivity contribution < 1.29 is 8.78 Å². The summed E-state index contributed by atoms with van der Waals surface area (Å²) >= 11 is 1.52. The van der Waals surface area contributed by atoms with Crippen molar-refractivity contribution in [2.75, 3.05) is 11.9 Å². The number of halogens is 2. The van der Waals surface area contributed by atoms with Crippen molar-refractivity contribution in [2.45, 2.75) is 6.42 Å². The quantitative estimate of drug-likeness (QED) is 0.387. The van der Waals surface area contributed by atoms with Crippen LogP contribution in [-0.4, -0.2) is 25.9 Å². The first kappa shape index (κ1) is 19.3. The number of hydrogen-bond acceptors (Lipinski definition) is 5. The molecular weight excluding hydrogens is 416 g/mol. The summed E-state index contributed by atoms with van der Waals surface area (Å²) in [5.74, 6) is -0.0406. The molecule has 0 aliphatic carbocycles. The first-order chi connectivity index (χ1) is 15.2. The Labute approximate surface area is 181 Å². The topological polar surface area (TPSA) is 55.1 Å². The van der Waals surface area contributed by atoms with E-state index in [2.05, 4.69) is 15.3 Å². The van der Waals surface area contributed by atoms with Gasteiger partial charge in [-0.05, 0) is 54.4 Å². The van der Waals surface area contributed by atoms with Crippen LogP contribution in [-0.2, 0) is 6.42 Å². The van der Waals surface area contributed by atoms with Gasteiger partial charge in [0.1, 0.15) is 17.3 Å². The number of thiazole rings is 1. The van der Waals surface area contributed by atoms with Crippen molar-refractivity contribution in [2.24, 2.45) is 0 Å². The van der Waals surface area contributed by atoms with E-state index in [1.165, 1.54) is 35.6 Å². The van der Waals surface area contributed by atoms with Crippen molar-refractivity contribution in [3.8, 4) is 22.6 Å². The molecule has 5 rings (SSSR count). The standard InChI is InChI=1S/C23H17F2N5S/c24-17-5-1-15(2-6-17)9-11-26-22-27-12-10-19(28-22)21-20(16-3-7-18(25)8-4-16)29-23-30(21)13-14-31-23/h1-8,10,12-14H,9,11H2,(H,26,27,28). The fourth-order valence-electron chi connectivity index (χ4n) is 3.38. The molecule has 0 atom stereocenters. The SMILES string of the molecule is Fc1ccc(CCNc2nccc(-c3c(-c4ccc(F)cc4)nc4sccn34)n2)cc1. The number of aromatic nitrogens is 4. The molecule has 0 saturated carbocycles. The van der Waals surface area contributed by atoms with E-state index in [1.807, 2.05) is 22.0 Å². The van der Waals surface area contributed by atoms with Crippen LogP contribution < -0.4 is 5.32 Å². The lowest BCUT2D eigenvalue weighted by molar-refractivity contribution is 0.627. The number of hydrogen-bond donors (Lipinski definition) is 1. The van der Waals surface area contributed by atoms with Gasteiger partial charge in [0.05, 0.1) is 11.4 Å². The summed E-state index contributed by atoms with van der Waals surface area (Å²) in [5.41, 5.74) is 4.12. The van der Waals surface area contributed by atoms with Crippen molar-refractivity contribution in [1.29, 1.82) is 0 Å². The summed E-state index contributed by atoms with van der Waals surface area (Å²) in [6.45, 7) is 0.611. The molecule has 31 heavy (non-hydrogen) atoms. The zero-order chi connectivity index (χ0) is 21.2. The molecule has 0 spiro atoms. The zero-order valence-corrected chi connectivity index (χ0v) is 17.1. The van der Waals surface area contributed by atoms with Crippen LogP contribution in [0.15, 0.2) is 72.4 Å². The third kappa shape index (κ3) is 4.02. The molecular formula is C23H17F2N5S. The third-order valence-corrected chi connectivity index (χ3v) is 5.64. The number of anilines is 1. The van der Waals surface area contributed by atoms with Crippen LogP contribution in [0.2, 0.25) is 0 Å².